The van der Waals surface area contributed by atoms with Crippen molar-refractivity contribution >= 4 is 15.9 Å². The average Bonchev–Trinajstić information content (AvgIpc) is 2.77. The van der Waals surface area contributed by atoms with Crippen LogP contribution in [0.4, 0.5) is 0 Å². The molecule has 2 rings (SSSR count). The van der Waals surface area contributed by atoms with Crippen molar-refractivity contribution in [2.24, 2.45) is 0 Å². The largest absolute Gasteiger partial charge is 0.493 e. The molecule has 0 spiro atoms. The second-order valence-corrected chi connectivity index (χ2v) is 4.49. The van der Waals surface area contributed by atoms with Gasteiger partial charge in [0.1, 0.15) is 17.0 Å². The number of methoxy groups -OCH3 is 1. The summed E-state index contributed by atoms with van der Waals surface area (Å²) in [7, 11) is 1.63. The molecule has 0 fully saturated rings. The minimum Gasteiger partial charge on any atom is -0.493 e. The van der Waals surface area contributed by atoms with Gasteiger partial charge in [-0.15, -0.1) is 0 Å². The van der Waals surface area contributed by atoms with Gasteiger partial charge in [-0.2, -0.15) is 0 Å². The Morgan fingerprint density at radius 2 is 2.00 bits per heavy atom. The van der Waals surface area contributed by atoms with E-state index in [9.17, 15) is 0 Å². The highest BCUT2D eigenvalue weighted by Crippen LogP contribution is 2.26. The third-order valence-electron chi connectivity index (χ3n) is 2.63. The third-order valence-corrected chi connectivity index (χ3v) is 3.26. The summed E-state index contributed by atoms with van der Waals surface area (Å²) < 4.78 is 14.0. The maximum absolute atomic E-state index is 5.74. The fourth-order valence-corrected chi connectivity index (χ4v) is 2.28. The fourth-order valence-electron chi connectivity index (χ4n) is 1.72. The van der Waals surface area contributed by atoms with E-state index in [1.807, 2.05) is 24.3 Å². The molecule has 18 heavy (non-hydrogen) atoms. The second-order valence-electron chi connectivity index (χ2n) is 3.68. The van der Waals surface area contributed by atoms with Gasteiger partial charge in [0.15, 0.2) is 11.5 Å². The summed E-state index contributed by atoms with van der Waals surface area (Å²) in [6.07, 6.45) is 1.78. The molecule has 2 aromatic rings. The number of benzene rings is 1. The van der Waals surface area contributed by atoms with Crippen LogP contribution in [0.1, 0.15) is 12.7 Å². The molecule has 5 heteroatoms. The van der Waals surface area contributed by atoms with E-state index < -0.39 is 0 Å². The maximum atomic E-state index is 5.74. The van der Waals surface area contributed by atoms with E-state index in [4.69, 9.17) is 9.47 Å². The number of imidazole rings is 1. The molecule has 0 aliphatic heterocycles. The molecule has 1 heterocycles. The summed E-state index contributed by atoms with van der Waals surface area (Å²) >= 11 is 3.45. The molecule has 0 saturated heterocycles. The highest BCUT2D eigenvalue weighted by atomic mass is 79.9. The first-order valence-electron chi connectivity index (χ1n) is 5.72. The molecule has 0 aliphatic rings. The number of hydrogen-bond donors (Lipinski definition) is 0. The van der Waals surface area contributed by atoms with Crippen LogP contribution in [0.25, 0.3) is 0 Å². The van der Waals surface area contributed by atoms with Crippen LogP contribution < -0.4 is 9.47 Å². The summed E-state index contributed by atoms with van der Waals surface area (Å²) in [5.74, 6) is 2.34. The first kappa shape index (κ1) is 13.0. The van der Waals surface area contributed by atoms with Gasteiger partial charge < -0.3 is 14.0 Å². The van der Waals surface area contributed by atoms with E-state index in [2.05, 4.69) is 32.4 Å². The van der Waals surface area contributed by atoms with Crippen molar-refractivity contribution in [3.05, 3.63) is 40.9 Å². The van der Waals surface area contributed by atoms with Gasteiger partial charge in [0, 0.05) is 6.54 Å². The van der Waals surface area contributed by atoms with Crippen molar-refractivity contribution in [3.63, 3.8) is 0 Å². The third kappa shape index (κ3) is 2.67. The van der Waals surface area contributed by atoms with Crippen LogP contribution in [0.5, 0.6) is 11.5 Å². The molecule has 0 radical (unpaired) electrons. The standard InChI is InChI=1S/C13H15BrN2O2/c1-3-16-12(14)8-15-13(16)9-18-11-7-5-4-6-10(11)17-2/h4-8H,3,9H2,1-2H3. The SMILES string of the molecule is CCn1c(Br)cnc1COc1ccccc1OC. The van der Waals surface area contributed by atoms with Crippen LogP contribution in [0.3, 0.4) is 0 Å². The summed E-state index contributed by atoms with van der Waals surface area (Å²) in [6, 6.07) is 7.58. The average molecular weight is 311 g/mol. The monoisotopic (exact) mass is 310 g/mol. The fraction of sp³-hybridized carbons (Fsp3) is 0.308. The summed E-state index contributed by atoms with van der Waals surface area (Å²) in [4.78, 5) is 4.31. The Morgan fingerprint density at radius 1 is 1.28 bits per heavy atom. The topological polar surface area (TPSA) is 36.3 Å². The van der Waals surface area contributed by atoms with Gasteiger partial charge in [0.2, 0.25) is 0 Å². The Labute approximate surface area is 115 Å². The zero-order valence-electron chi connectivity index (χ0n) is 10.4. The molecular formula is C13H15BrN2O2. The lowest BCUT2D eigenvalue weighted by atomic mass is 10.3. The van der Waals surface area contributed by atoms with Crippen molar-refractivity contribution < 1.29 is 9.47 Å². The minimum atomic E-state index is 0.416. The summed E-state index contributed by atoms with van der Waals surface area (Å²) in [6.45, 7) is 3.34. The molecule has 0 N–H and O–H groups in total. The smallest absolute Gasteiger partial charge is 0.161 e. The first-order chi connectivity index (χ1) is 8.76. The molecule has 0 atom stereocenters. The normalized spacial score (nSPS) is 10.4. The lowest BCUT2D eigenvalue weighted by Gasteiger charge is -2.11. The molecule has 1 aromatic heterocycles. The second kappa shape index (κ2) is 5.91. The van der Waals surface area contributed by atoms with Crippen LogP contribution in [0.15, 0.2) is 35.1 Å². The van der Waals surface area contributed by atoms with Crippen LogP contribution in [-0.4, -0.2) is 16.7 Å². The highest BCUT2D eigenvalue weighted by molar-refractivity contribution is 9.10. The number of halogens is 1. The van der Waals surface area contributed by atoms with E-state index in [1.54, 1.807) is 13.3 Å². The van der Waals surface area contributed by atoms with E-state index in [0.29, 0.717) is 6.61 Å². The highest BCUT2D eigenvalue weighted by Gasteiger charge is 2.08. The number of hydrogen-bond acceptors (Lipinski definition) is 3. The Kier molecular flexibility index (Phi) is 4.25. The first-order valence-corrected chi connectivity index (χ1v) is 6.51. The van der Waals surface area contributed by atoms with Crippen LogP contribution in [-0.2, 0) is 13.2 Å². The zero-order valence-corrected chi connectivity index (χ0v) is 12.0. The molecule has 0 bridgehead atoms. The Hall–Kier alpha value is -1.49. The zero-order chi connectivity index (χ0) is 13.0. The van der Waals surface area contributed by atoms with Gasteiger partial charge in [-0.1, -0.05) is 12.1 Å². The van der Waals surface area contributed by atoms with Crippen LogP contribution in [0.2, 0.25) is 0 Å². The van der Waals surface area contributed by atoms with Gasteiger partial charge >= 0.3 is 0 Å². The van der Waals surface area contributed by atoms with Crippen molar-refractivity contribution in [1.82, 2.24) is 9.55 Å². The molecule has 0 aliphatic carbocycles. The molecule has 1 aromatic carbocycles. The quantitative estimate of drug-likeness (QED) is 0.850. The van der Waals surface area contributed by atoms with Crippen molar-refractivity contribution in [2.75, 3.05) is 7.11 Å². The van der Waals surface area contributed by atoms with E-state index in [1.165, 1.54) is 0 Å². The molecule has 96 valence electrons. The minimum absolute atomic E-state index is 0.416. The van der Waals surface area contributed by atoms with Gasteiger partial charge in [-0.25, -0.2) is 4.98 Å². The summed E-state index contributed by atoms with van der Waals surface area (Å²) in [5.41, 5.74) is 0. The Morgan fingerprint density at radius 3 is 2.67 bits per heavy atom. The molecule has 0 saturated carbocycles. The number of para-hydroxylation sites is 2. The van der Waals surface area contributed by atoms with Crippen LogP contribution >= 0.6 is 15.9 Å². The van der Waals surface area contributed by atoms with Crippen molar-refractivity contribution in [3.8, 4) is 11.5 Å². The number of nitrogens with zero attached hydrogens (tertiary/aromatic N) is 2. The number of ether oxygens (including phenoxy) is 2. The Bertz CT molecular complexity index is 525. The van der Waals surface area contributed by atoms with Crippen molar-refractivity contribution in [2.45, 2.75) is 20.1 Å². The maximum Gasteiger partial charge on any atom is 0.161 e. The van der Waals surface area contributed by atoms with E-state index >= 15 is 0 Å². The lowest BCUT2D eigenvalue weighted by Crippen LogP contribution is -2.06. The predicted molar refractivity (Wildman–Crippen MR) is 72.9 cm³/mol. The van der Waals surface area contributed by atoms with E-state index in [0.717, 1.165) is 28.5 Å². The lowest BCUT2D eigenvalue weighted by molar-refractivity contribution is 0.271. The van der Waals surface area contributed by atoms with Crippen molar-refractivity contribution in [1.29, 1.82) is 0 Å². The van der Waals surface area contributed by atoms with Gasteiger partial charge in [-0.3, -0.25) is 0 Å². The molecule has 4 nitrogen and oxygen atoms in total. The number of aromatic nitrogens is 2. The number of rotatable bonds is 5. The van der Waals surface area contributed by atoms with Gasteiger partial charge in [-0.05, 0) is 35.0 Å². The Balaban J connectivity index is 2.11. The van der Waals surface area contributed by atoms with E-state index in [-0.39, 0.29) is 0 Å². The van der Waals surface area contributed by atoms with Gasteiger partial charge in [0.05, 0.1) is 13.3 Å². The van der Waals surface area contributed by atoms with Gasteiger partial charge in [0.25, 0.3) is 0 Å². The summed E-state index contributed by atoms with van der Waals surface area (Å²) in [5, 5.41) is 0. The molecule has 0 unspecified atom stereocenters. The molecule has 0 amide bonds. The predicted octanol–water partition coefficient (Wildman–Crippen LogP) is 3.25. The molecular weight excluding hydrogens is 296 g/mol. The van der Waals surface area contributed by atoms with Crippen LogP contribution in [0, 0.1) is 0 Å².